The highest BCUT2D eigenvalue weighted by atomic mass is 16.6. The molecular weight excluding hydrogens is 190 g/mol. The van der Waals surface area contributed by atoms with Gasteiger partial charge in [0.15, 0.2) is 11.5 Å². The highest BCUT2D eigenvalue weighted by Crippen LogP contribution is 2.35. The molecule has 1 aromatic carbocycles. The normalized spacial score (nSPS) is 14.2. The minimum absolute atomic E-state index is 0.623. The number of hydrogen-bond acceptors (Lipinski definition) is 3. The van der Waals surface area contributed by atoms with Crippen LogP contribution in [-0.4, -0.2) is 18.2 Å². The summed E-state index contributed by atoms with van der Waals surface area (Å²) in [6, 6.07) is 4.02. The first-order valence-corrected chi connectivity index (χ1v) is 4.98. The van der Waals surface area contributed by atoms with Crippen LogP contribution in [0.2, 0.25) is 0 Å². The molecule has 0 saturated carbocycles. The summed E-state index contributed by atoms with van der Waals surface area (Å²) < 4.78 is 11.1. The fraction of sp³-hybridized carbons (Fsp3) is 0.250. The van der Waals surface area contributed by atoms with E-state index in [1.54, 1.807) is 0 Å². The second-order valence-corrected chi connectivity index (χ2v) is 3.67. The van der Waals surface area contributed by atoms with Crippen molar-refractivity contribution in [3.63, 3.8) is 0 Å². The monoisotopic (exact) mass is 201 g/mol. The molecule has 15 heavy (non-hydrogen) atoms. The van der Waals surface area contributed by atoms with E-state index in [0.29, 0.717) is 13.2 Å². The summed E-state index contributed by atoms with van der Waals surface area (Å²) in [5.41, 5.74) is 1.16. The van der Waals surface area contributed by atoms with Crippen molar-refractivity contribution < 1.29 is 9.47 Å². The maximum atomic E-state index is 5.54. The highest BCUT2D eigenvalue weighted by Gasteiger charge is 2.13. The van der Waals surface area contributed by atoms with Crippen LogP contribution in [0, 0.1) is 6.92 Å². The second kappa shape index (κ2) is 3.12. The van der Waals surface area contributed by atoms with Gasteiger partial charge in [-0.1, -0.05) is 0 Å². The molecule has 0 aliphatic carbocycles. The number of hydrogen-bond donors (Lipinski definition) is 0. The molecule has 2 aromatic rings. The van der Waals surface area contributed by atoms with Crippen LogP contribution in [0.5, 0.6) is 11.5 Å². The van der Waals surface area contributed by atoms with E-state index in [2.05, 4.69) is 4.98 Å². The summed E-state index contributed by atoms with van der Waals surface area (Å²) in [6.45, 7) is 3.30. The molecule has 2 heterocycles. The zero-order chi connectivity index (χ0) is 10.3. The number of ether oxygens (including phenoxy) is 2. The quantitative estimate of drug-likeness (QED) is 0.655. The molecule has 0 bridgehead atoms. The first-order valence-electron chi connectivity index (χ1n) is 4.98. The van der Waals surface area contributed by atoms with Crippen molar-refractivity contribution in [3.05, 3.63) is 30.1 Å². The summed E-state index contributed by atoms with van der Waals surface area (Å²) in [7, 11) is 0. The SMILES string of the molecule is Cc1cncc2cc3c(cc12)OCCO3. The first kappa shape index (κ1) is 8.53. The Morgan fingerprint density at radius 1 is 1.07 bits per heavy atom. The highest BCUT2D eigenvalue weighted by molar-refractivity contribution is 5.88. The van der Waals surface area contributed by atoms with Crippen LogP contribution in [0.15, 0.2) is 24.5 Å². The third-order valence-electron chi connectivity index (χ3n) is 2.62. The maximum Gasteiger partial charge on any atom is 0.162 e. The summed E-state index contributed by atoms with van der Waals surface area (Å²) in [6.07, 6.45) is 3.71. The second-order valence-electron chi connectivity index (χ2n) is 3.67. The Morgan fingerprint density at radius 3 is 2.60 bits per heavy atom. The Kier molecular flexibility index (Phi) is 1.78. The Morgan fingerprint density at radius 2 is 1.80 bits per heavy atom. The molecule has 1 aliphatic heterocycles. The van der Waals surface area contributed by atoms with Gasteiger partial charge in [0.25, 0.3) is 0 Å². The van der Waals surface area contributed by atoms with E-state index >= 15 is 0 Å². The van der Waals surface area contributed by atoms with E-state index < -0.39 is 0 Å². The Hall–Kier alpha value is -1.77. The predicted molar refractivity (Wildman–Crippen MR) is 57.5 cm³/mol. The number of benzene rings is 1. The van der Waals surface area contributed by atoms with Crippen molar-refractivity contribution in [2.24, 2.45) is 0 Å². The van der Waals surface area contributed by atoms with Gasteiger partial charge in [0, 0.05) is 17.8 Å². The van der Waals surface area contributed by atoms with Crippen LogP contribution in [-0.2, 0) is 0 Å². The molecule has 0 fully saturated rings. The van der Waals surface area contributed by atoms with E-state index in [1.807, 2.05) is 31.5 Å². The lowest BCUT2D eigenvalue weighted by Gasteiger charge is -2.19. The minimum atomic E-state index is 0.623. The summed E-state index contributed by atoms with van der Waals surface area (Å²) >= 11 is 0. The summed E-state index contributed by atoms with van der Waals surface area (Å²) in [4.78, 5) is 4.16. The van der Waals surface area contributed by atoms with Crippen LogP contribution in [0.25, 0.3) is 10.8 Å². The van der Waals surface area contributed by atoms with Gasteiger partial charge in [-0.2, -0.15) is 0 Å². The van der Waals surface area contributed by atoms with Gasteiger partial charge in [0.2, 0.25) is 0 Å². The van der Waals surface area contributed by atoms with E-state index in [-0.39, 0.29) is 0 Å². The molecule has 0 amide bonds. The molecule has 0 saturated heterocycles. The van der Waals surface area contributed by atoms with E-state index in [4.69, 9.17) is 9.47 Å². The maximum absolute atomic E-state index is 5.54. The lowest BCUT2D eigenvalue weighted by Crippen LogP contribution is -2.15. The number of nitrogens with zero attached hydrogens (tertiary/aromatic N) is 1. The molecular formula is C12H11NO2. The average Bonchev–Trinajstić information content (AvgIpc) is 2.27. The van der Waals surface area contributed by atoms with Crippen molar-refractivity contribution >= 4 is 10.8 Å². The van der Waals surface area contributed by atoms with Gasteiger partial charge in [0.05, 0.1) is 0 Å². The zero-order valence-electron chi connectivity index (χ0n) is 8.49. The van der Waals surface area contributed by atoms with Crippen molar-refractivity contribution in [2.45, 2.75) is 6.92 Å². The van der Waals surface area contributed by atoms with Gasteiger partial charge >= 0.3 is 0 Å². The van der Waals surface area contributed by atoms with Crippen LogP contribution in [0.3, 0.4) is 0 Å². The Labute approximate surface area is 87.6 Å². The molecule has 0 N–H and O–H groups in total. The lowest BCUT2D eigenvalue weighted by molar-refractivity contribution is 0.172. The van der Waals surface area contributed by atoms with Gasteiger partial charge in [0.1, 0.15) is 13.2 Å². The van der Waals surface area contributed by atoms with Crippen LogP contribution < -0.4 is 9.47 Å². The van der Waals surface area contributed by atoms with Gasteiger partial charge in [-0.25, -0.2) is 0 Å². The van der Waals surface area contributed by atoms with Crippen LogP contribution in [0.4, 0.5) is 0 Å². The predicted octanol–water partition coefficient (Wildman–Crippen LogP) is 2.31. The van der Waals surface area contributed by atoms with Crippen molar-refractivity contribution in [3.8, 4) is 11.5 Å². The van der Waals surface area contributed by atoms with Crippen LogP contribution in [0.1, 0.15) is 5.56 Å². The third-order valence-corrected chi connectivity index (χ3v) is 2.62. The van der Waals surface area contributed by atoms with Gasteiger partial charge in [-0.3, -0.25) is 4.98 Å². The zero-order valence-corrected chi connectivity index (χ0v) is 8.49. The summed E-state index contributed by atoms with van der Waals surface area (Å²) in [5, 5.41) is 2.27. The van der Waals surface area contributed by atoms with Gasteiger partial charge in [-0.15, -0.1) is 0 Å². The molecule has 0 spiro atoms. The molecule has 0 atom stereocenters. The molecule has 3 rings (SSSR count). The fourth-order valence-corrected chi connectivity index (χ4v) is 1.85. The van der Waals surface area contributed by atoms with Crippen molar-refractivity contribution in [1.82, 2.24) is 4.98 Å². The molecule has 0 radical (unpaired) electrons. The topological polar surface area (TPSA) is 31.4 Å². The van der Waals surface area contributed by atoms with E-state index in [0.717, 1.165) is 22.4 Å². The molecule has 0 unspecified atom stereocenters. The molecule has 1 aromatic heterocycles. The number of aryl methyl sites for hydroxylation is 1. The molecule has 3 nitrogen and oxygen atoms in total. The van der Waals surface area contributed by atoms with E-state index in [1.165, 1.54) is 5.39 Å². The molecule has 1 aliphatic rings. The Balaban J connectivity index is 2.31. The minimum Gasteiger partial charge on any atom is -0.486 e. The van der Waals surface area contributed by atoms with Crippen molar-refractivity contribution in [1.29, 1.82) is 0 Å². The fourth-order valence-electron chi connectivity index (χ4n) is 1.85. The number of rotatable bonds is 0. The first-order chi connectivity index (χ1) is 7.34. The number of pyridine rings is 1. The standard InChI is InChI=1S/C12H11NO2/c1-8-6-13-7-9-4-11-12(5-10(8)9)15-3-2-14-11/h4-7H,2-3H2,1H3. The lowest BCUT2D eigenvalue weighted by atomic mass is 10.1. The number of fused-ring (bicyclic) bond motifs is 2. The Bertz CT molecular complexity index is 522. The smallest absolute Gasteiger partial charge is 0.162 e. The van der Waals surface area contributed by atoms with Gasteiger partial charge < -0.3 is 9.47 Å². The molecule has 3 heteroatoms. The van der Waals surface area contributed by atoms with Crippen molar-refractivity contribution in [2.75, 3.05) is 13.2 Å². The largest absolute Gasteiger partial charge is 0.486 e. The molecule has 76 valence electrons. The van der Waals surface area contributed by atoms with Gasteiger partial charge in [-0.05, 0) is 30.0 Å². The number of aromatic nitrogens is 1. The third kappa shape index (κ3) is 1.31. The summed E-state index contributed by atoms with van der Waals surface area (Å²) in [5.74, 6) is 1.66. The van der Waals surface area contributed by atoms with E-state index in [9.17, 15) is 0 Å². The van der Waals surface area contributed by atoms with Crippen LogP contribution >= 0.6 is 0 Å². The average molecular weight is 201 g/mol.